The Balaban J connectivity index is 2.56. The maximum atomic E-state index is 4.74. The second-order valence-electron chi connectivity index (χ2n) is 2.52. The van der Waals surface area contributed by atoms with E-state index in [1.54, 1.807) is 12.4 Å². The summed E-state index contributed by atoms with van der Waals surface area (Å²) in [5.74, 6) is 0. The molecule has 1 N–H and O–H groups in total. The number of rotatable bonds is 4. The number of likely N-dealkylation sites (N-methyl/N-ethyl adjacent to an activating group) is 1. The van der Waals surface area contributed by atoms with Crippen molar-refractivity contribution in [3.05, 3.63) is 30.1 Å². The van der Waals surface area contributed by atoms with E-state index in [0.717, 1.165) is 6.42 Å². The lowest BCUT2D eigenvalue weighted by atomic mass is 10.1. The number of hydrogen-bond acceptors (Lipinski definition) is 3. The molecule has 1 radical (unpaired) electrons. The van der Waals surface area contributed by atoms with Gasteiger partial charge in [0.15, 0.2) is 0 Å². The van der Waals surface area contributed by atoms with Crippen LogP contribution in [0.2, 0.25) is 0 Å². The van der Waals surface area contributed by atoms with Gasteiger partial charge in [0.25, 0.3) is 0 Å². The molecule has 0 saturated carbocycles. The molecule has 3 heteroatoms. The van der Waals surface area contributed by atoms with Gasteiger partial charge in [0.2, 0.25) is 0 Å². The van der Waals surface area contributed by atoms with Crippen LogP contribution in [0.3, 0.4) is 0 Å². The van der Waals surface area contributed by atoms with Crippen molar-refractivity contribution in [2.75, 3.05) is 7.05 Å². The molecule has 0 aromatic carbocycles. The molecule has 1 aromatic rings. The van der Waals surface area contributed by atoms with Crippen LogP contribution in [-0.2, 0) is 6.42 Å². The number of thiocarbonyl (C=S) groups is 1. The van der Waals surface area contributed by atoms with Crippen LogP contribution in [0, 0.1) is 0 Å². The number of pyridine rings is 1. The lowest BCUT2D eigenvalue weighted by Crippen LogP contribution is -2.28. The first-order chi connectivity index (χ1) is 5.86. The van der Waals surface area contributed by atoms with Gasteiger partial charge in [-0.1, -0.05) is 12.2 Å². The normalized spacial score (nSPS) is 12.4. The fourth-order valence-corrected chi connectivity index (χ4v) is 1.16. The highest BCUT2D eigenvalue weighted by Gasteiger charge is 2.02. The summed E-state index contributed by atoms with van der Waals surface area (Å²) in [6.45, 7) is 0. The zero-order valence-corrected chi connectivity index (χ0v) is 7.77. The Hall–Kier alpha value is -0.800. The molecule has 1 unspecified atom stereocenters. The molecule has 0 aliphatic heterocycles. The van der Waals surface area contributed by atoms with Crippen molar-refractivity contribution in [2.24, 2.45) is 0 Å². The molecule has 0 aliphatic rings. The molecule has 12 heavy (non-hydrogen) atoms. The molecule has 1 atom stereocenters. The Bertz CT molecular complexity index is 236. The monoisotopic (exact) mass is 179 g/mol. The molecule has 0 saturated heterocycles. The van der Waals surface area contributed by atoms with Crippen molar-refractivity contribution in [3.8, 4) is 0 Å². The van der Waals surface area contributed by atoms with Gasteiger partial charge in [-0.3, -0.25) is 4.98 Å². The summed E-state index contributed by atoms with van der Waals surface area (Å²) in [6.07, 6.45) is 4.44. The zero-order valence-electron chi connectivity index (χ0n) is 6.95. The quantitative estimate of drug-likeness (QED) is 0.700. The summed E-state index contributed by atoms with van der Waals surface area (Å²) < 4.78 is 0. The van der Waals surface area contributed by atoms with E-state index in [0.29, 0.717) is 0 Å². The molecule has 2 nitrogen and oxygen atoms in total. The molecule has 0 amide bonds. The Kier molecular flexibility index (Phi) is 3.84. The summed E-state index contributed by atoms with van der Waals surface area (Å²) in [5.41, 5.74) is 1.22. The van der Waals surface area contributed by atoms with Crippen molar-refractivity contribution in [2.45, 2.75) is 12.5 Å². The van der Waals surface area contributed by atoms with Crippen LogP contribution in [0.4, 0.5) is 0 Å². The van der Waals surface area contributed by atoms with E-state index in [-0.39, 0.29) is 6.04 Å². The standard InChI is InChI=1S/C9H11N2S/c1-10-9(7-12)6-8-2-4-11-5-3-8/h2-5,9-10H,6H2,1H3. The summed E-state index contributed by atoms with van der Waals surface area (Å²) in [7, 11) is 1.88. The van der Waals surface area contributed by atoms with Crippen molar-refractivity contribution in [3.63, 3.8) is 0 Å². The number of nitrogens with one attached hydrogen (secondary N) is 1. The highest BCUT2D eigenvalue weighted by atomic mass is 32.1. The summed E-state index contributed by atoms with van der Waals surface area (Å²) >= 11 is 4.74. The van der Waals surface area contributed by atoms with Crippen molar-refractivity contribution in [1.29, 1.82) is 0 Å². The van der Waals surface area contributed by atoms with Crippen LogP contribution in [0.5, 0.6) is 0 Å². The average Bonchev–Trinajstić information content (AvgIpc) is 2.16. The van der Waals surface area contributed by atoms with Gasteiger partial charge in [0.1, 0.15) is 0 Å². The van der Waals surface area contributed by atoms with E-state index in [1.165, 1.54) is 5.56 Å². The van der Waals surface area contributed by atoms with Crippen LogP contribution in [0.25, 0.3) is 0 Å². The predicted molar refractivity (Wildman–Crippen MR) is 53.4 cm³/mol. The minimum absolute atomic E-state index is 0.155. The fraction of sp³-hybridized carbons (Fsp3) is 0.333. The predicted octanol–water partition coefficient (Wildman–Crippen LogP) is 1.09. The summed E-state index contributed by atoms with van der Waals surface area (Å²) in [4.78, 5) is 3.94. The van der Waals surface area contributed by atoms with Crippen LogP contribution in [0.1, 0.15) is 5.56 Å². The Morgan fingerprint density at radius 3 is 2.75 bits per heavy atom. The second-order valence-corrected chi connectivity index (χ2v) is 2.75. The molecule has 1 heterocycles. The number of aromatic nitrogens is 1. The van der Waals surface area contributed by atoms with Crippen molar-refractivity contribution < 1.29 is 0 Å². The van der Waals surface area contributed by atoms with Gasteiger partial charge in [-0.05, 0) is 31.2 Å². The van der Waals surface area contributed by atoms with Gasteiger partial charge in [-0.15, -0.1) is 0 Å². The largest absolute Gasteiger partial charge is 0.312 e. The lowest BCUT2D eigenvalue weighted by molar-refractivity contribution is 0.712. The van der Waals surface area contributed by atoms with E-state index in [9.17, 15) is 0 Å². The Morgan fingerprint density at radius 2 is 2.25 bits per heavy atom. The third-order valence-corrected chi connectivity index (χ3v) is 1.96. The van der Waals surface area contributed by atoms with E-state index in [4.69, 9.17) is 12.2 Å². The highest BCUT2D eigenvalue weighted by molar-refractivity contribution is 7.79. The van der Waals surface area contributed by atoms with Crippen LogP contribution in [0.15, 0.2) is 24.5 Å². The van der Waals surface area contributed by atoms with Crippen LogP contribution < -0.4 is 5.32 Å². The van der Waals surface area contributed by atoms with Gasteiger partial charge >= 0.3 is 0 Å². The minimum atomic E-state index is 0.155. The molecule has 1 rings (SSSR count). The molecule has 0 fully saturated rings. The van der Waals surface area contributed by atoms with Gasteiger partial charge in [-0.2, -0.15) is 0 Å². The Labute approximate surface area is 78.0 Å². The third-order valence-electron chi connectivity index (χ3n) is 1.68. The second kappa shape index (κ2) is 4.95. The zero-order chi connectivity index (χ0) is 8.81. The van der Waals surface area contributed by atoms with Crippen LogP contribution >= 0.6 is 12.2 Å². The van der Waals surface area contributed by atoms with Crippen LogP contribution in [-0.4, -0.2) is 23.4 Å². The highest BCUT2D eigenvalue weighted by Crippen LogP contribution is 1.99. The fourth-order valence-electron chi connectivity index (χ4n) is 0.957. The summed E-state index contributed by atoms with van der Waals surface area (Å²) in [5, 5.41) is 5.82. The van der Waals surface area contributed by atoms with E-state index in [2.05, 4.69) is 15.7 Å². The molecule has 63 valence electrons. The molecule has 0 aliphatic carbocycles. The summed E-state index contributed by atoms with van der Waals surface area (Å²) in [6, 6.07) is 4.12. The van der Waals surface area contributed by atoms with Gasteiger partial charge in [-0.25, -0.2) is 0 Å². The topological polar surface area (TPSA) is 24.9 Å². The number of hydrogen-bond donors (Lipinski definition) is 1. The van der Waals surface area contributed by atoms with E-state index >= 15 is 0 Å². The molecule has 1 aromatic heterocycles. The SMILES string of the molecule is CNC([C]=S)Cc1ccncc1. The van der Waals surface area contributed by atoms with Gasteiger partial charge in [0.05, 0.1) is 0 Å². The van der Waals surface area contributed by atoms with E-state index < -0.39 is 0 Å². The Morgan fingerprint density at radius 1 is 1.58 bits per heavy atom. The maximum Gasteiger partial charge on any atom is 0.0480 e. The molecule has 0 bridgehead atoms. The maximum absolute atomic E-state index is 4.74. The minimum Gasteiger partial charge on any atom is -0.312 e. The lowest BCUT2D eigenvalue weighted by Gasteiger charge is -2.08. The third kappa shape index (κ3) is 2.68. The first-order valence-corrected chi connectivity index (χ1v) is 4.21. The molecular weight excluding hydrogens is 168 g/mol. The first kappa shape index (κ1) is 9.29. The van der Waals surface area contributed by atoms with Crippen molar-refractivity contribution >= 4 is 17.6 Å². The van der Waals surface area contributed by atoms with Gasteiger partial charge < -0.3 is 5.32 Å². The molecular formula is C9H11N2S. The van der Waals surface area contributed by atoms with E-state index in [1.807, 2.05) is 19.2 Å². The van der Waals surface area contributed by atoms with Crippen molar-refractivity contribution in [1.82, 2.24) is 10.3 Å². The first-order valence-electron chi connectivity index (χ1n) is 3.80. The number of nitrogens with zero attached hydrogens (tertiary/aromatic N) is 1. The van der Waals surface area contributed by atoms with Gasteiger partial charge in [0, 0.05) is 23.8 Å². The smallest absolute Gasteiger partial charge is 0.0480 e. The average molecular weight is 179 g/mol. The molecule has 0 spiro atoms.